The highest BCUT2D eigenvalue weighted by atomic mass is 16.7. The van der Waals surface area contributed by atoms with Crippen LogP contribution < -0.4 is 9.64 Å². The second kappa shape index (κ2) is 8.26. The van der Waals surface area contributed by atoms with E-state index in [9.17, 15) is 15.0 Å². The molecule has 2 N–H and O–H groups in total. The Morgan fingerprint density at radius 1 is 1.23 bits per heavy atom. The largest absolute Gasteiger partial charge is 0.497 e. The molecule has 30 heavy (non-hydrogen) atoms. The summed E-state index contributed by atoms with van der Waals surface area (Å²) in [6.07, 6.45) is -0.784. The van der Waals surface area contributed by atoms with E-state index in [2.05, 4.69) is 0 Å². The minimum atomic E-state index is -0.925. The van der Waals surface area contributed by atoms with Gasteiger partial charge in [0, 0.05) is 5.69 Å². The van der Waals surface area contributed by atoms with E-state index < -0.39 is 42.5 Å². The molecule has 9 heteroatoms. The van der Waals surface area contributed by atoms with E-state index in [4.69, 9.17) is 23.7 Å². The maximum Gasteiger partial charge on any atom is 0.258 e. The highest BCUT2D eigenvalue weighted by molar-refractivity contribution is 6.05. The van der Waals surface area contributed by atoms with Crippen LogP contribution in [-0.2, 0) is 23.7 Å². The number of carbonyl (C=O) groups is 1. The molecule has 2 saturated heterocycles. The van der Waals surface area contributed by atoms with Gasteiger partial charge in [0.25, 0.3) is 5.91 Å². The molecule has 164 valence electrons. The van der Waals surface area contributed by atoms with Crippen LogP contribution in [0.2, 0.25) is 0 Å². The number of nitrogens with zero attached hydrogens (tertiary/aromatic N) is 1. The van der Waals surface area contributed by atoms with Crippen LogP contribution in [0.1, 0.15) is 13.8 Å². The van der Waals surface area contributed by atoms with Gasteiger partial charge >= 0.3 is 0 Å². The second-order valence-electron chi connectivity index (χ2n) is 7.92. The number of amides is 1. The van der Waals surface area contributed by atoms with Gasteiger partial charge in [-0.15, -0.1) is 0 Å². The van der Waals surface area contributed by atoms with Crippen LogP contribution in [-0.4, -0.2) is 79.0 Å². The number of anilines is 1. The van der Waals surface area contributed by atoms with Gasteiger partial charge in [0.1, 0.15) is 30.1 Å². The van der Waals surface area contributed by atoms with Gasteiger partial charge in [-0.05, 0) is 44.2 Å². The summed E-state index contributed by atoms with van der Waals surface area (Å²) in [4.78, 5) is 14.7. The van der Waals surface area contributed by atoms with Crippen LogP contribution in [0.4, 0.5) is 5.69 Å². The van der Waals surface area contributed by atoms with Crippen LogP contribution in [0.3, 0.4) is 0 Å². The first kappa shape index (κ1) is 21.2. The molecule has 0 saturated carbocycles. The van der Waals surface area contributed by atoms with Crippen LogP contribution in [0.15, 0.2) is 36.4 Å². The Balaban J connectivity index is 1.55. The normalized spacial score (nSPS) is 35.4. The molecule has 0 bridgehead atoms. The number of benzene rings is 1. The third-order valence-corrected chi connectivity index (χ3v) is 5.47. The Hall–Kier alpha value is -2.01. The number of ether oxygens (including phenoxy) is 5. The molecule has 3 aliphatic heterocycles. The minimum Gasteiger partial charge on any atom is -0.497 e. The number of aliphatic hydroxyl groups excluding tert-OH is 2. The summed E-state index contributed by atoms with van der Waals surface area (Å²) in [7, 11) is 1.58. The molecule has 0 spiro atoms. The topological polar surface area (TPSA) is 107 Å². The zero-order chi connectivity index (χ0) is 21.5. The molecule has 0 radical (unpaired) electrons. The van der Waals surface area contributed by atoms with Gasteiger partial charge in [-0.2, -0.15) is 0 Å². The Bertz CT molecular complexity index is 795. The van der Waals surface area contributed by atoms with Crippen molar-refractivity contribution in [2.24, 2.45) is 0 Å². The van der Waals surface area contributed by atoms with Gasteiger partial charge < -0.3 is 38.8 Å². The summed E-state index contributed by atoms with van der Waals surface area (Å²) < 4.78 is 28.4. The molecule has 9 nitrogen and oxygen atoms in total. The first-order chi connectivity index (χ1) is 14.3. The number of β-lactam (4-membered cyclic amide) rings is 1. The van der Waals surface area contributed by atoms with Gasteiger partial charge in [-0.1, -0.05) is 6.08 Å². The molecule has 1 aromatic carbocycles. The van der Waals surface area contributed by atoms with Gasteiger partial charge in [0.2, 0.25) is 0 Å². The van der Waals surface area contributed by atoms with Crippen molar-refractivity contribution in [1.82, 2.24) is 0 Å². The second-order valence-corrected chi connectivity index (χ2v) is 7.92. The molecule has 6 atom stereocenters. The first-order valence-corrected chi connectivity index (χ1v) is 9.90. The lowest BCUT2D eigenvalue weighted by Crippen LogP contribution is -2.71. The molecule has 3 heterocycles. The van der Waals surface area contributed by atoms with E-state index in [1.54, 1.807) is 36.3 Å². The van der Waals surface area contributed by atoms with E-state index in [0.29, 0.717) is 18.0 Å². The summed E-state index contributed by atoms with van der Waals surface area (Å²) in [6, 6.07) is 6.74. The van der Waals surface area contributed by atoms with Gasteiger partial charge in [0.05, 0.1) is 20.3 Å². The Morgan fingerprint density at radius 3 is 2.57 bits per heavy atom. The lowest BCUT2D eigenvalue weighted by Gasteiger charge is -2.49. The Kier molecular flexibility index (Phi) is 5.84. The average molecular weight is 421 g/mol. The molecule has 0 aromatic heterocycles. The summed E-state index contributed by atoms with van der Waals surface area (Å²) >= 11 is 0. The summed E-state index contributed by atoms with van der Waals surface area (Å²) in [5.41, 5.74) is 0.697. The van der Waals surface area contributed by atoms with Crippen molar-refractivity contribution in [3.63, 3.8) is 0 Å². The number of hydrogen-bond donors (Lipinski definition) is 2. The van der Waals surface area contributed by atoms with Crippen molar-refractivity contribution in [3.8, 4) is 5.75 Å². The lowest BCUT2D eigenvalue weighted by molar-refractivity contribution is -0.217. The Morgan fingerprint density at radius 2 is 1.97 bits per heavy atom. The van der Waals surface area contributed by atoms with Crippen LogP contribution in [0, 0.1) is 0 Å². The van der Waals surface area contributed by atoms with Crippen molar-refractivity contribution in [2.45, 2.75) is 56.4 Å². The van der Waals surface area contributed by atoms with Crippen LogP contribution in [0.25, 0.3) is 0 Å². The molecule has 4 rings (SSSR count). The van der Waals surface area contributed by atoms with E-state index in [1.807, 2.05) is 13.8 Å². The maximum atomic E-state index is 13.0. The highest BCUT2D eigenvalue weighted by Gasteiger charge is 2.57. The van der Waals surface area contributed by atoms with Crippen LogP contribution in [0.5, 0.6) is 5.75 Å². The zero-order valence-electron chi connectivity index (χ0n) is 17.1. The van der Waals surface area contributed by atoms with Crippen molar-refractivity contribution in [3.05, 3.63) is 36.4 Å². The highest BCUT2D eigenvalue weighted by Crippen LogP contribution is 2.38. The van der Waals surface area contributed by atoms with Crippen molar-refractivity contribution >= 4 is 11.6 Å². The van der Waals surface area contributed by atoms with Gasteiger partial charge in [-0.3, -0.25) is 4.79 Å². The molecule has 3 aliphatic rings. The molecule has 1 amide bonds. The lowest BCUT2D eigenvalue weighted by atomic mass is 9.91. The first-order valence-electron chi connectivity index (χ1n) is 9.90. The quantitative estimate of drug-likeness (QED) is 0.508. The number of rotatable bonds is 6. The fourth-order valence-corrected chi connectivity index (χ4v) is 3.91. The molecule has 1 aromatic rings. The average Bonchev–Trinajstić information content (AvgIpc) is 3.10. The van der Waals surface area contributed by atoms with E-state index in [0.717, 1.165) is 0 Å². The standard InChI is InChI=1S/C21H27NO8/c1-21(2)27-11-16(30-21)18-19(29-17-9-8-14(24)15(10-23)28-17)20(25)22(18)12-4-6-13(26-3)7-5-12/h4-9,14-19,23-24H,10-11H2,1-3H3/t14-,15+,16+,17+,18-,19+/m0/s1. The Labute approximate surface area is 174 Å². The minimum absolute atomic E-state index is 0.234. The molecule has 0 aliphatic carbocycles. The van der Waals surface area contributed by atoms with E-state index >= 15 is 0 Å². The maximum absolute atomic E-state index is 13.0. The van der Waals surface area contributed by atoms with E-state index in [-0.39, 0.29) is 12.5 Å². The summed E-state index contributed by atoms with van der Waals surface area (Å²) in [6.45, 7) is 3.60. The van der Waals surface area contributed by atoms with Crippen LogP contribution >= 0.6 is 0 Å². The van der Waals surface area contributed by atoms with Gasteiger partial charge in [0.15, 0.2) is 18.2 Å². The molecular weight excluding hydrogens is 394 g/mol. The molecular formula is C21H27NO8. The smallest absolute Gasteiger partial charge is 0.258 e. The summed E-state index contributed by atoms with van der Waals surface area (Å²) in [5.74, 6) is -0.304. The number of methoxy groups -OCH3 is 1. The third-order valence-electron chi connectivity index (χ3n) is 5.47. The fourth-order valence-electron chi connectivity index (χ4n) is 3.91. The summed E-state index contributed by atoms with van der Waals surface area (Å²) in [5, 5.41) is 19.2. The third kappa shape index (κ3) is 3.96. The van der Waals surface area contributed by atoms with Crippen molar-refractivity contribution in [1.29, 1.82) is 0 Å². The molecule has 2 fully saturated rings. The van der Waals surface area contributed by atoms with Crippen molar-refractivity contribution < 1.29 is 38.7 Å². The monoisotopic (exact) mass is 421 g/mol. The predicted molar refractivity (Wildman–Crippen MR) is 105 cm³/mol. The fraction of sp³-hybridized carbons (Fsp3) is 0.571. The number of carbonyl (C=O) groups excluding carboxylic acids is 1. The molecule has 0 unspecified atom stereocenters. The number of hydrogen-bond acceptors (Lipinski definition) is 8. The number of aliphatic hydroxyl groups is 2. The zero-order valence-corrected chi connectivity index (χ0v) is 17.1. The predicted octanol–water partition coefficient (Wildman–Crippen LogP) is 0.581. The SMILES string of the molecule is COc1ccc(N2C(=O)[C@H](O[C@@H]3C=C[C@H](O)[C@@H](CO)O3)[C@@H]2[C@H]2COC(C)(C)O2)cc1. The van der Waals surface area contributed by atoms with Gasteiger partial charge in [-0.25, -0.2) is 0 Å². The van der Waals surface area contributed by atoms with Crippen molar-refractivity contribution in [2.75, 3.05) is 25.2 Å². The van der Waals surface area contributed by atoms with E-state index in [1.165, 1.54) is 12.2 Å².